The molecule has 1 heterocycles. The van der Waals surface area contributed by atoms with Crippen molar-refractivity contribution in [2.24, 2.45) is 0 Å². The molecule has 2 aromatic rings. The first-order valence-electron chi connectivity index (χ1n) is 5.15. The zero-order valence-corrected chi connectivity index (χ0v) is 14.1. The Balaban J connectivity index is 2.83. The highest BCUT2D eigenvalue weighted by Crippen LogP contribution is 2.48. The normalized spacial score (nSPS) is 10.9. The number of rotatable bonds is 2. The molecular formula is C12H5Cl6NO. The van der Waals surface area contributed by atoms with Crippen LogP contribution in [0, 0.1) is 0 Å². The molecule has 0 unspecified atom stereocenters. The molecule has 1 N–H and O–H groups in total. The number of hydrogen-bond acceptors (Lipinski definition) is 2. The third kappa shape index (κ3) is 2.84. The largest absolute Gasteiger partial charge is 0.392 e. The van der Waals surface area contributed by atoms with E-state index < -0.39 is 0 Å². The minimum atomic E-state index is -0.298. The van der Waals surface area contributed by atoms with E-state index in [1.807, 2.05) is 0 Å². The number of nitrogens with zero attached hydrogens (tertiary/aromatic N) is 1. The lowest BCUT2D eigenvalue weighted by molar-refractivity contribution is 0.282. The van der Waals surface area contributed by atoms with E-state index in [1.165, 1.54) is 6.20 Å². The zero-order valence-electron chi connectivity index (χ0n) is 9.52. The van der Waals surface area contributed by atoms with Gasteiger partial charge in [-0.3, -0.25) is 4.98 Å². The molecule has 0 aliphatic carbocycles. The maximum absolute atomic E-state index is 9.40. The van der Waals surface area contributed by atoms with Crippen molar-refractivity contribution in [2.45, 2.75) is 6.61 Å². The van der Waals surface area contributed by atoms with Crippen LogP contribution in [-0.2, 0) is 6.61 Å². The van der Waals surface area contributed by atoms with Crippen molar-refractivity contribution < 1.29 is 5.11 Å². The van der Waals surface area contributed by atoms with Crippen molar-refractivity contribution in [3.05, 3.63) is 48.0 Å². The molecule has 1 aromatic heterocycles. The number of aliphatic hydroxyl groups excluding tert-OH is 1. The van der Waals surface area contributed by atoms with Gasteiger partial charge in [-0.1, -0.05) is 69.6 Å². The molecule has 2 rings (SSSR count). The van der Waals surface area contributed by atoms with Gasteiger partial charge in [0.2, 0.25) is 0 Å². The number of benzene rings is 1. The highest BCUT2D eigenvalue weighted by molar-refractivity contribution is 6.56. The predicted octanol–water partition coefficient (Wildman–Crippen LogP) is 6.16. The van der Waals surface area contributed by atoms with Crippen molar-refractivity contribution in [1.82, 2.24) is 4.98 Å². The summed E-state index contributed by atoms with van der Waals surface area (Å²) in [5.74, 6) is 0. The minimum absolute atomic E-state index is 0.0617. The van der Waals surface area contributed by atoms with Gasteiger partial charge in [-0.2, -0.15) is 0 Å². The van der Waals surface area contributed by atoms with Gasteiger partial charge < -0.3 is 5.11 Å². The Bertz CT molecular complexity index is 659. The Morgan fingerprint density at radius 2 is 1.35 bits per heavy atom. The molecule has 0 aliphatic rings. The summed E-state index contributed by atoms with van der Waals surface area (Å²) in [6.45, 7) is -0.298. The number of aliphatic hydroxyl groups is 1. The topological polar surface area (TPSA) is 33.1 Å². The van der Waals surface area contributed by atoms with Crippen molar-refractivity contribution in [2.75, 3.05) is 0 Å². The molecule has 0 amide bonds. The van der Waals surface area contributed by atoms with Crippen molar-refractivity contribution in [3.63, 3.8) is 0 Å². The van der Waals surface area contributed by atoms with E-state index in [1.54, 1.807) is 6.07 Å². The van der Waals surface area contributed by atoms with Crippen molar-refractivity contribution in [1.29, 1.82) is 0 Å². The Morgan fingerprint density at radius 1 is 0.850 bits per heavy atom. The van der Waals surface area contributed by atoms with Gasteiger partial charge in [0.1, 0.15) is 0 Å². The maximum atomic E-state index is 9.40. The van der Waals surface area contributed by atoms with Crippen LogP contribution in [0.15, 0.2) is 12.3 Å². The second-order valence-electron chi connectivity index (χ2n) is 3.76. The third-order valence-electron chi connectivity index (χ3n) is 2.55. The van der Waals surface area contributed by atoms with Crippen LogP contribution in [-0.4, -0.2) is 10.1 Å². The molecule has 0 fully saturated rings. The first-order valence-corrected chi connectivity index (χ1v) is 7.42. The van der Waals surface area contributed by atoms with Crippen LogP contribution >= 0.6 is 69.6 Å². The van der Waals surface area contributed by atoms with E-state index in [4.69, 9.17) is 69.6 Å². The monoisotopic (exact) mass is 389 g/mol. The average Bonchev–Trinajstić information content (AvgIpc) is 2.44. The summed E-state index contributed by atoms with van der Waals surface area (Å²) in [5.41, 5.74) is 1.08. The van der Waals surface area contributed by atoms with Crippen molar-refractivity contribution >= 4 is 69.6 Å². The van der Waals surface area contributed by atoms with Crippen LogP contribution < -0.4 is 0 Å². The fourth-order valence-corrected chi connectivity index (χ4v) is 3.14. The Morgan fingerprint density at radius 3 is 1.85 bits per heavy atom. The van der Waals surface area contributed by atoms with Gasteiger partial charge in [0.15, 0.2) is 0 Å². The van der Waals surface area contributed by atoms with Crippen LogP contribution in [0.1, 0.15) is 5.56 Å². The van der Waals surface area contributed by atoms with E-state index in [-0.39, 0.29) is 31.7 Å². The standard InChI is InChI=1S/C12H5Cl6NO/c13-5-1-4(3-20)12(19-2-5)6-7(14)9(16)11(18)10(17)8(6)15/h1-2,20H,3H2. The third-order valence-corrected chi connectivity index (χ3v) is 5.03. The Kier molecular flexibility index (Phi) is 5.30. The lowest BCUT2D eigenvalue weighted by Gasteiger charge is -2.14. The fraction of sp³-hybridized carbons (Fsp3) is 0.0833. The lowest BCUT2D eigenvalue weighted by atomic mass is 10.1. The summed E-state index contributed by atoms with van der Waals surface area (Å²) in [5, 5.41) is 10.2. The van der Waals surface area contributed by atoms with E-state index in [0.717, 1.165) is 0 Å². The quantitative estimate of drug-likeness (QED) is 0.491. The number of pyridine rings is 1. The summed E-state index contributed by atoms with van der Waals surface area (Å²) in [6.07, 6.45) is 1.40. The van der Waals surface area contributed by atoms with Crippen molar-refractivity contribution in [3.8, 4) is 11.3 Å². The van der Waals surface area contributed by atoms with Gasteiger partial charge in [0.25, 0.3) is 0 Å². The molecule has 0 bridgehead atoms. The molecule has 8 heteroatoms. The Labute approximate surface area is 145 Å². The second kappa shape index (κ2) is 6.45. The van der Waals surface area contributed by atoms with Gasteiger partial charge >= 0.3 is 0 Å². The van der Waals surface area contributed by atoms with Gasteiger partial charge in [0.05, 0.1) is 42.4 Å². The zero-order chi connectivity index (χ0) is 15.0. The van der Waals surface area contributed by atoms with E-state index in [9.17, 15) is 5.11 Å². The average molecular weight is 392 g/mol. The van der Waals surface area contributed by atoms with Crippen LogP contribution in [0.2, 0.25) is 30.1 Å². The molecule has 0 saturated heterocycles. The first-order chi connectivity index (χ1) is 9.38. The van der Waals surface area contributed by atoms with Crippen LogP contribution in [0.5, 0.6) is 0 Å². The maximum Gasteiger partial charge on any atom is 0.0809 e. The molecule has 20 heavy (non-hydrogen) atoms. The molecule has 0 atom stereocenters. The summed E-state index contributed by atoms with van der Waals surface area (Å²) < 4.78 is 0. The Hall–Kier alpha value is 0.0700. The smallest absolute Gasteiger partial charge is 0.0809 e. The molecule has 1 aromatic carbocycles. The molecule has 106 valence electrons. The summed E-state index contributed by atoms with van der Waals surface area (Å²) >= 11 is 36.1. The molecule has 0 radical (unpaired) electrons. The highest BCUT2D eigenvalue weighted by Gasteiger charge is 2.23. The molecule has 2 nitrogen and oxygen atoms in total. The minimum Gasteiger partial charge on any atom is -0.392 e. The van der Waals surface area contributed by atoms with E-state index in [2.05, 4.69) is 4.98 Å². The van der Waals surface area contributed by atoms with Gasteiger partial charge in [0, 0.05) is 17.3 Å². The van der Waals surface area contributed by atoms with E-state index >= 15 is 0 Å². The van der Waals surface area contributed by atoms with Gasteiger partial charge in [-0.25, -0.2) is 0 Å². The molecule has 0 spiro atoms. The number of hydrogen-bond donors (Lipinski definition) is 1. The first kappa shape index (κ1) is 16.4. The predicted molar refractivity (Wildman–Crippen MR) is 85.7 cm³/mol. The van der Waals surface area contributed by atoms with Gasteiger partial charge in [-0.15, -0.1) is 0 Å². The van der Waals surface area contributed by atoms with E-state index in [0.29, 0.717) is 21.8 Å². The van der Waals surface area contributed by atoms with Crippen LogP contribution in [0.25, 0.3) is 11.3 Å². The molecule has 0 aliphatic heterocycles. The summed E-state index contributed by atoms with van der Waals surface area (Å²) in [7, 11) is 0. The van der Waals surface area contributed by atoms with Crippen LogP contribution in [0.4, 0.5) is 0 Å². The van der Waals surface area contributed by atoms with Crippen LogP contribution in [0.3, 0.4) is 0 Å². The second-order valence-corrected chi connectivity index (χ2v) is 6.09. The highest BCUT2D eigenvalue weighted by atomic mass is 35.5. The SMILES string of the molecule is OCc1cc(Cl)cnc1-c1c(Cl)c(Cl)c(Cl)c(Cl)c1Cl. The number of halogens is 6. The molecule has 0 saturated carbocycles. The molecular weight excluding hydrogens is 387 g/mol. The number of aromatic nitrogens is 1. The summed E-state index contributed by atoms with van der Waals surface area (Å²) in [4.78, 5) is 4.13. The fourth-order valence-electron chi connectivity index (χ4n) is 1.64. The van der Waals surface area contributed by atoms with Gasteiger partial charge in [-0.05, 0) is 6.07 Å². The summed E-state index contributed by atoms with van der Waals surface area (Å²) in [6, 6.07) is 1.55. The lowest BCUT2D eigenvalue weighted by Crippen LogP contribution is -1.96.